The van der Waals surface area contributed by atoms with Crippen LogP contribution in [0.25, 0.3) is 0 Å². The molecule has 6 heteroatoms. The molecule has 96 valence electrons. The second-order valence-corrected chi connectivity index (χ2v) is 4.40. The van der Waals surface area contributed by atoms with Gasteiger partial charge < -0.3 is 10.0 Å². The van der Waals surface area contributed by atoms with Crippen LogP contribution in [0.5, 0.6) is 0 Å². The van der Waals surface area contributed by atoms with Gasteiger partial charge in [-0.2, -0.15) is 0 Å². The number of carbonyl (C=O) groups is 1. The van der Waals surface area contributed by atoms with Crippen molar-refractivity contribution in [1.29, 1.82) is 0 Å². The van der Waals surface area contributed by atoms with E-state index in [2.05, 4.69) is 0 Å². The Kier molecular flexibility index (Phi) is 3.18. The van der Waals surface area contributed by atoms with E-state index in [1.165, 1.54) is 6.07 Å². The van der Waals surface area contributed by atoms with Gasteiger partial charge in [-0.15, -0.1) is 0 Å². The summed E-state index contributed by atoms with van der Waals surface area (Å²) in [5, 5.41) is 20.0. The number of rotatable bonds is 3. The number of benzene rings is 1. The molecule has 1 aromatic carbocycles. The highest BCUT2D eigenvalue weighted by molar-refractivity contribution is 5.90. The first-order valence-electron chi connectivity index (χ1n) is 5.78. The first-order chi connectivity index (χ1) is 8.50. The minimum atomic E-state index is -1.14. The molecule has 1 saturated heterocycles. The predicted molar refractivity (Wildman–Crippen MR) is 66.2 cm³/mol. The molecule has 1 aromatic rings. The quantitative estimate of drug-likeness (QED) is 0.656. The van der Waals surface area contributed by atoms with E-state index in [1.54, 1.807) is 6.92 Å². The summed E-state index contributed by atoms with van der Waals surface area (Å²) in [7, 11) is 0. The number of nitro groups is 1. The molecular formula is C12H14N2O4. The van der Waals surface area contributed by atoms with E-state index >= 15 is 0 Å². The van der Waals surface area contributed by atoms with E-state index in [0.29, 0.717) is 11.3 Å². The van der Waals surface area contributed by atoms with Crippen LogP contribution < -0.4 is 4.90 Å². The number of hydrogen-bond acceptors (Lipinski definition) is 4. The van der Waals surface area contributed by atoms with Gasteiger partial charge in [0.15, 0.2) is 0 Å². The van der Waals surface area contributed by atoms with Crippen molar-refractivity contribution in [3.63, 3.8) is 0 Å². The molecule has 0 radical (unpaired) electrons. The van der Waals surface area contributed by atoms with E-state index in [9.17, 15) is 14.9 Å². The molecule has 1 fully saturated rings. The normalized spacial score (nSPS) is 14.8. The van der Waals surface area contributed by atoms with Crippen molar-refractivity contribution in [3.8, 4) is 0 Å². The number of anilines is 1. The summed E-state index contributed by atoms with van der Waals surface area (Å²) in [6.07, 6.45) is 2.06. The Bertz CT molecular complexity index is 507. The Labute approximate surface area is 104 Å². The third-order valence-corrected chi connectivity index (χ3v) is 3.24. The maximum Gasteiger partial charge on any atom is 0.336 e. The second kappa shape index (κ2) is 4.64. The van der Waals surface area contributed by atoms with Crippen LogP contribution in [0.15, 0.2) is 12.1 Å². The van der Waals surface area contributed by atoms with Crippen LogP contribution >= 0.6 is 0 Å². The average molecular weight is 250 g/mol. The molecule has 0 aliphatic carbocycles. The molecule has 0 saturated carbocycles. The Hall–Kier alpha value is -2.11. The number of hydrogen-bond donors (Lipinski definition) is 1. The molecule has 0 amide bonds. The zero-order chi connectivity index (χ0) is 13.3. The van der Waals surface area contributed by atoms with Crippen LogP contribution in [0.2, 0.25) is 0 Å². The molecule has 1 aliphatic rings. The summed E-state index contributed by atoms with van der Waals surface area (Å²) < 4.78 is 0. The molecule has 0 unspecified atom stereocenters. The summed E-state index contributed by atoms with van der Waals surface area (Å²) in [5.41, 5.74) is 1.04. The second-order valence-electron chi connectivity index (χ2n) is 4.40. The minimum absolute atomic E-state index is 0.0331. The van der Waals surface area contributed by atoms with Gasteiger partial charge in [0.2, 0.25) is 0 Å². The highest BCUT2D eigenvalue weighted by Gasteiger charge is 2.23. The van der Waals surface area contributed by atoms with Crippen molar-refractivity contribution in [2.24, 2.45) is 0 Å². The van der Waals surface area contributed by atoms with Gasteiger partial charge in [-0.05, 0) is 25.8 Å². The van der Waals surface area contributed by atoms with Crippen LogP contribution in [0, 0.1) is 17.0 Å². The van der Waals surface area contributed by atoms with Crippen molar-refractivity contribution in [3.05, 3.63) is 33.4 Å². The van der Waals surface area contributed by atoms with E-state index in [0.717, 1.165) is 32.0 Å². The SMILES string of the molecule is Cc1c(N2CCCC2)cc(C(=O)O)cc1[N+](=O)[O-]. The molecule has 0 spiro atoms. The number of nitro benzene ring substituents is 1. The molecule has 0 aromatic heterocycles. The number of carboxylic acid groups (broad SMARTS) is 1. The van der Waals surface area contributed by atoms with E-state index in [4.69, 9.17) is 5.11 Å². The number of aromatic carboxylic acids is 1. The van der Waals surface area contributed by atoms with Crippen LogP contribution in [0.1, 0.15) is 28.8 Å². The van der Waals surface area contributed by atoms with Crippen molar-refractivity contribution in [2.45, 2.75) is 19.8 Å². The van der Waals surface area contributed by atoms with Gasteiger partial charge in [0, 0.05) is 24.8 Å². The van der Waals surface area contributed by atoms with E-state index < -0.39 is 10.9 Å². The van der Waals surface area contributed by atoms with Crippen molar-refractivity contribution < 1.29 is 14.8 Å². The zero-order valence-electron chi connectivity index (χ0n) is 10.0. The zero-order valence-corrected chi connectivity index (χ0v) is 10.0. The van der Waals surface area contributed by atoms with Gasteiger partial charge in [-0.25, -0.2) is 4.79 Å². The number of carboxylic acids is 1. The van der Waals surface area contributed by atoms with Crippen molar-refractivity contribution in [2.75, 3.05) is 18.0 Å². The highest BCUT2D eigenvalue weighted by Crippen LogP contribution is 2.32. The summed E-state index contributed by atoms with van der Waals surface area (Å²) >= 11 is 0. The maximum absolute atomic E-state index is 11.0. The maximum atomic E-state index is 11.0. The van der Waals surface area contributed by atoms with Gasteiger partial charge in [0.05, 0.1) is 16.1 Å². The Morgan fingerprint density at radius 2 is 2.00 bits per heavy atom. The fraction of sp³-hybridized carbons (Fsp3) is 0.417. The summed E-state index contributed by atoms with van der Waals surface area (Å²) in [4.78, 5) is 23.5. The molecule has 1 aliphatic heterocycles. The monoisotopic (exact) mass is 250 g/mol. The molecule has 1 N–H and O–H groups in total. The third-order valence-electron chi connectivity index (χ3n) is 3.24. The largest absolute Gasteiger partial charge is 0.478 e. The lowest BCUT2D eigenvalue weighted by Crippen LogP contribution is -2.19. The van der Waals surface area contributed by atoms with Gasteiger partial charge >= 0.3 is 5.97 Å². The molecule has 1 heterocycles. The topological polar surface area (TPSA) is 83.7 Å². The Balaban J connectivity index is 2.55. The van der Waals surface area contributed by atoms with Crippen LogP contribution in [-0.4, -0.2) is 29.1 Å². The summed E-state index contributed by atoms with van der Waals surface area (Å²) in [5.74, 6) is -1.14. The number of nitrogens with zero attached hydrogens (tertiary/aromatic N) is 2. The molecule has 0 bridgehead atoms. The molecule has 0 atom stereocenters. The summed E-state index contributed by atoms with van der Waals surface area (Å²) in [6.45, 7) is 3.31. The minimum Gasteiger partial charge on any atom is -0.478 e. The fourth-order valence-corrected chi connectivity index (χ4v) is 2.28. The molecule has 18 heavy (non-hydrogen) atoms. The Morgan fingerprint density at radius 1 is 1.39 bits per heavy atom. The van der Waals surface area contributed by atoms with Crippen LogP contribution in [0.4, 0.5) is 11.4 Å². The van der Waals surface area contributed by atoms with Crippen molar-refractivity contribution in [1.82, 2.24) is 0 Å². The molecule has 6 nitrogen and oxygen atoms in total. The smallest absolute Gasteiger partial charge is 0.336 e. The first-order valence-corrected chi connectivity index (χ1v) is 5.78. The van der Waals surface area contributed by atoms with E-state index in [1.807, 2.05) is 4.90 Å². The van der Waals surface area contributed by atoms with Crippen LogP contribution in [0.3, 0.4) is 0 Å². The van der Waals surface area contributed by atoms with Crippen LogP contribution in [-0.2, 0) is 0 Å². The molecular weight excluding hydrogens is 236 g/mol. The van der Waals surface area contributed by atoms with Gasteiger partial charge in [0.1, 0.15) is 0 Å². The molecule has 2 rings (SSSR count). The fourth-order valence-electron chi connectivity index (χ4n) is 2.28. The lowest BCUT2D eigenvalue weighted by molar-refractivity contribution is -0.385. The Morgan fingerprint density at radius 3 is 2.50 bits per heavy atom. The third kappa shape index (κ3) is 2.13. The highest BCUT2D eigenvalue weighted by atomic mass is 16.6. The van der Waals surface area contributed by atoms with Gasteiger partial charge in [-0.1, -0.05) is 0 Å². The van der Waals surface area contributed by atoms with Gasteiger partial charge in [0.25, 0.3) is 5.69 Å². The summed E-state index contributed by atoms with van der Waals surface area (Å²) in [6, 6.07) is 2.65. The van der Waals surface area contributed by atoms with Gasteiger partial charge in [-0.3, -0.25) is 10.1 Å². The average Bonchev–Trinajstić information content (AvgIpc) is 2.81. The van der Waals surface area contributed by atoms with E-state index in [-0.39, 0.29) is 11.3 Å². The lowest BCUT2D eigenvalue weighted by Gasteiger charge is -2.20. The first kappa shape index (κ1) is 12.3. The van der Waals surface area contributed by atoms with Crippen molar-refractivity contribution >= 4 is 17.3 Å². The predicted octanol–water partition coefficient (Wildman–Crippen LogP) is 2.20. The standard InChI is InChI=1S/C12H14N2O4/c1-8-10(13-4-2-3-5-13)6-9(12(15)16)7-11(8)14(17)18/h6-7H,2-5H2,1H3,(H,15,16). The lowest BCUT2D eigenvalue weighted by atomic mass is 10.1.